The molecule has 1 aromatic carbocycles. The van der Waals surface area contributed by atoms with E-state index in [1.807, 2.05) is 32.0 Å². The van der Waals surface area contributed by atoms with Gasteiger partial charge in [-0.25, -0.2) is 15.0 Å². The predicted octanol–water partition coefficient (Wildman–Crippen LogP) is 3.79. The largest absolute Gasteiger partial charge is 0.494 e. The summed E-state index contributed by atoms with van der Waals surface area (Å²) in [6, 6.07) is 5.67. The van der Waals surface area contributed by atoms with E-state index in [0.29, 0.717) is 28.8 Å². The molecule has 3 aromatic heterocycles. The lowest BCUT2D eigenvalue weighted by molar-refractivity contribution is -0.115. The molecule has 1 amide bonds. The number of nitrogens with zero attached hydrogens (tertiary/aromatic N) is 4. The lowest BCUT2D eigenvalue weighted by Crippen LogP contribution is -2.15. The van der Waals surface area contributed by atoms with Crippen LogP contribution in [0, 0.1) is 0 Å². The van der Waals surface area contributed by atoms with Gasteiger partial charge in [-0.2, -0.15) is 0 Å². The van der Waals surface area contributed by atoms with E-state index < -0.39 is 0 Å². The Labute approximate surface area is 191 Å². The molecule has 0 aliphatic heterocycles. The third-order valence-corrected chi connectivity index (χ3v) is 5.94. The fourth-order valence-corrected chi connectivity index (χ4v) is 4.43. The van der Waals surface area contributed by atoms with Gasteiger partial charge in [0, 0.05) is 23.4 Å². The number of anilines is 2. The zero-order chi connectivity index (χ0) is 23.1. The Hall–Kier alpha value is -3.88. The van der Waals surface area contributed by atoms with Crippen molar-refractivity contribution in [2.75, 3.05) is 18.2 Å². The second kappa shape index (κ2) is 8.23. The highest BCUT2D eigenvalue weighted by Gasteiger charge is 2.25. The van der Waals surface area contributed by atoms with Gasteiger partial charge >= 0.3 is 0 Å². The van der Waals surface area contributed by atoms with Gasteiger partial charge in [-0.3, -0.25) is 4.79 Å². The van der Waals surface area contributed by atoms with Crippen molar-refractivity contribution < 1.29 is 13.9 Å². The monoisotopic (exact) mass is 446 g/mol. The van der Waals surface area contributed by atoms with Crippen molar-refractivity contribution in [3.8, 4) is 11.4 Å². The minimum Gasteiger partial charge on any atom is -0.494 e. The van der Waals surface area contributed by atoms with Crippen LogP contribution in [0.4, 0.5) is 11.5 Å². The molecule has 33 heavy (non-hydrogen) atoms. The van der Waals surface area contributed by atoms with Gasteiger partial charge in [0.15, 0.2) is 11.7 Å². The molecule has 0 radical (unpaired) electrons. The molecule has 0 spiro atoms. The molecule has 3 N–H and O–H groups in total. The highest BCUT2D eigenvalue weighted by atomic mass is 16.5. The molecule has 1 aliphatic carbocycles. The molecule has 1 aliphatic rings. The third-order valence-electron chi connectivity index (χ3n) is 5.94. The first-order valence-corrected chi connectivity index (χ1v) is 11.0. The molecule has 0 atom stereocenters. The number of carbonyl (C=O) groups excluding carboxylic acids is 1. The van der Waals surface area contributed by atoms with Crippen LogP contribution in [0.2, 0.25) is 0 Å². The van der Waals surface area contributed by atoms with Crippen LogP contribution in [0.3, 0.4) is 0 Å². The molecule has 5 rings (SSSR count). The van der Waals surface area contributed by atoms with Gasteiger partial charge in [0.1, 0.15) is 23.9 Å². The Balaban J connectivity index is 1.45. The highest BCUT2D eigenvalue weighted by Crippen LogP contribution is 2.38. The fraction of sp³-hybridized carbons (Fsp3) is 0.333. The Morgan fingerprint density at radius 3 is 2.91 bits per heavy atom. The van der Waals surface area contributed by atoms with E-state index in [9.17, 15) is 4.79 Å². The standard InChI is InChI=1S/C24H26N6O3/c1-13(2)24-28-14(11-33-24)9-20(31)29-17-8-7-15(10-19(17)32-3)30-18-6-4-5-16(18)21-22(30)23(25)27-12-26-21/h7-8,10-13H,4-6,9H2,1-3H3,(H,29,31)(H2,25,26,27). The molecule has 9 nitrogen and oxygen atoms in total. The summed E-state index contributed by atoms with van der Waals surface area (Å²) in [4.78, 5) is 25.7. The zero-order valence-electron chi connectivity index (χ0n) is 18.9. The van der Waals surface area contributed by atoms with Crippen molar-refractivity contribution in [2.45, 2.75) is 45.4 Å². The number of aromatic nitrogens is 4. The summed E-state index contributed by atoms with van der Waals surface area (Å²) in [6.45, 7) is 3.98. The first kappa shape index (κ1) is 21.0. The number of hydrogen-bond donors (Lipinski definition) is 2. The average Bonchev–Trinajstić information content (AvgIpc) is 3.51. The second-order valence-corrected chi connectivity index (χ2v) is 8.51. The van der Waals surface area contributed by atoms with E-state index in [1.54, 1.807) is 7.11 Å². The van der Waals surface area contributed by atoms with Crippen molar-refractivity contribution in [3.63, 3.8) is 0 Å². The summed E-state index contributed by atoms with van der Waals surface area (Å²) < 4.78 is 13.1. The van der Waals surface area contributed by atoms with Crippen molar-refractivity contribution in [2.24, 2.45) is 0 Å². The van der Waals surface area contributed by atoms with Gasteiger partial charge in [-0.1, -0.05) is 13.8 Å². The summed E-state index contributed by atoms with van der Waals surface area (Å²) in [6.07, 6.45) is 6.16. The Morgan fingerprint density at radius 1 is 1.30 bits per heavy atom. The number of nitrogen functional groups attached to an aromatic ring is 1. The maximum atomic E-state index is 12.6. The molecule has 0 saturated carbocycles. The predicted molar refractivity (Wildman–Crippen MR) is 125 cm³/mol. The van der Waals surface area contributed by atoms with Crippen molar-refractivity contribution in [1.29, 1.82) is 0 Å². The number of nitrogens with one attached hydrogen (secondary N) is 1. The first-order valence-electron chi connectivity index (χ1n) is 11.0. The summed E-state index contributed by atoms with van der Waals surface area (Å²) in [7, 11) is 1.58. The minimum absolute atomic E-state index is 0.116. The van der Waals surface area contributed by atoms with Gasteiger partial charge in [0.2, 0.25) is 5.91 Å². The summed E-state index contributed by atoms with van der Waals surface area (Å²) >= 11 is 0. The SMILES string of the molecule is COc1cc(-n2c3c(c4ncnc(N)c42)CCC3)ccc1NC(=O)Cc1coc(C(C)C)n1. The summed E-state index contributed by atoms with van der Waals surface area (Å²) in [5, 5.41) is 2.92. The average molecular weight is 447 g/mol. The molecule has 170 valence electrons. The molecule has 0 saturated heterocycles. The summed E-state index contributed by atoms with van der Waals surface area (Å²) in [5.74, 6) is 1.58. The van der Waals surface area contributed by atoms with Crippen LogP contribution in [0.15, 0.2) is 35.2 Å². The maximum absolute atomic E-state index is 12.6. The van der Waals surface area contributed by atoms with Crippen LogP contribution in [-0.4, -0.2) is 32.5 Å². The second-order valence-electron chi connectivity index (χ2n) is 8.51. The topological polar surface area (TPSA) is 121 Å². The number of hydrogen-bond acceptors (Lipinski definition) is 7. The molecule has 3 heterocycles. The zero-order valence-corrected chi connectivity index (χ0v) is 18.9. The Morgan fingerprint density at radius 2 is 2.15 bits per heavy atom. The molecule has 0 fully saturated rings. The van der Waals surface area contributed by atoms with Gasteiger partial charge in [0.25, 0.3) is 0 Å². The molecular formula is C24H26N6O3. The van der Waals surface area contributed by atoms with E-state index in [-0.39, 0.29) is 18.2 Å². The molecule has 4 aromatic rings. The van der Waals surface area contributed by atoms with E-state index >= 15 is 0 Å². The normalized spacial score (nSPS) is 13.0. The van der Waals surface area contributed by atoms with Crippen LogP contribution in [0.1, 0.15) is 49.0 Å². The molecule has 0 unspecified atom stereocenters. The van der Waals surface area contributed by atoms with E-state index in [1.165, 1.54) is 23.8 Å². The molecule has 9 heteroatoms. The van der Waals surface area contributed by atoms with Crippen molar-refractivity contribution in [1.82, 2.24) is 19.5 Å². The van der Waals surface area contributed by atoms with E-state index in [4.69, 9.17) is 14.9 Å². The van der Waals surface area contributed by atoms with Crippen LogP contribution in [0.25, 0.3) is 16.7 Å². The van der Waals surface area contributed by atoms with Gasteiger partial charge < -0.3 is 24.8 Å². The Kier molecular flexibility index (Phi) is 5.24. The number of oxazole rings is 1. The summed E-state index contributed by atoms with van der Waals surface area (Å²) in [5.41, 5.74) is 12.4. The number of aryl methyl sites for hydroxylation is 1. The van der Waals surface area contributed by atoms with E-state index in [0.717, 1.165) is 36.0 Å². The number of methoxy groups -OCH3 is 1. The quantitative estimate of drug-likeness (QED) is 0.462. The number of nitrogens with two attached hydrogens (primary N) is 1. The van der Waals surface area contributed by atoms with Crippen LogP contribution in [0.5, 0.6) is 5.75 Å². The lowest BCUT2D eigenvalue weighted by Gasteiger charge is -2.15. The maximum Gasteiger partial charge on any atom is 0.230 e. The van der Waals surface area contributed by atoms with Crippen molar-refractivity contribution in [3.05, 3.63) is 53.6 Å². The Bertz CT molecular complexity index is 1350. The van der Waals surface area contributed by atoms with Crippen LogP contribution >= 0.6 is 0 Å². The number of rotatable bonds is 6. The lowest BCUT2D eigenvalue weighted by atomic mass is 10.2. The van der Waals surface area contributed by atoms with Crippen molar-refractivity contribution >= 4 is 28.4 Å². The third kappa shape index (κ3) is 3.69. The molecule has 0 bridgehead atoms. The first-order chi connectivity index (χ1) is 16.0. The number of ether oxygens (including phenoxy) is 1. The number of amides is 1. The fourth-order valence-electron chi connectivity index (χ4n) is 4.43. The number of carbonyl (C=O) groups is 1. The smallest absolute Gasteiger partial charge is 0.230 e. The van der Waals surface area contributed by atoms with E-state index in [2.05, 4.69) is 24.8 Å². The highest BCUT2D eigenvalue weighted by molar-refractivity contribution is 5.94. The number of fused-ring (bicyclic) bond motifs is 3. The number of benzene rings is 1. The van der Waals surface area contributed by atoms with Crippen LogP contribution in [-0.2, 0) is 24.1 Å². The molecular weight excluding hydrogens is 420 g/mol. The van der Waals surface area contributed by atoms with Gasteiger partial charge in [-0.05, 0) is 37.0 Å². The van der Waals surface area contributed by atoms with Crippen LogP contribution < -0.4 is 15.8 Å². The van der Waals surface area contributed by atoms with Gasteiger partial charge in [-0.15, -0.1) is 0 Å². The van der Waals surface area contributed by atoms with Gasteiger partial charge in [0.05, 0.1) is 30.4 Å². The minimum atomic E-state index is -0.199.